The number of anilines is 1. The largest absolute Gasteiger partial charge is 0.446 e. The van der Waals surface area contributed by atoms with Crippen molar-refractivity contribution in [3.8, 4) is 10.6 Å². The van der Waals surface area contributed by atoms with E-state index in [9.17, 15) is 27.6 Å². The highest BCUT2D eigenvalue weighted by atomic mass is 32.2. The Bertz CT molecular complexity index is 1740. The van der Waals surface area contributed by atoms with Gasteiger partial charge in [-0.1, -0.05) is 25.1 Å². The molecule has 0 unspecified atom stereocenters. The van der Waals surface area contributed by atoms with Gasteiger partial charge in [-0.2, -0.15) is 0 Å². The summed E-state index contributed by atoms with van der Waals surface area (Å²) >= 11 is 1.55. The Hall–Kier alpha value is -3.78. The van der Waals surface area contributed by atoms with Gasteiger partial charge in [0, 0.05) is 36.1 Å². The summed E-state index contributed by atoms with van der Waals surface area (Å²) in [6, 6.07) is 5.70. The molecule has 0 radical (unpaired) electrons. The highest BCUT2D eigenvalue weighted by molar-refractivity contribution is 7.91. The van der Waals surface area contributed by atoms with Crippen LogP contribution in [0, 0.1) is 24.7 Å². The normalized spacial score (nSPS) is 28.4. The second kappa shape index (κ2) is 13.6. The van der Waals surface area contributed by atoms with Crippen molar-refractivity contribution in [3.63, 3.8) is 0 Å². The molecule has 14 heteroatoms. The molecule has 48 heavy (non-hydrogen) atoms. The van der Waals surface area contributed by atoms with E-state index in [1.54, 1.807) is 23.3 Å². The molecule has 0 spiro atoms. The fraction of sp³-hybridized carbons (Fsp3) is 0.559. The Morgan fingerprint density at radius 1 is 1.17 bits per heavy atom. The van der Waals surface area contributed by atoms with E-state index in [0.29, 0.717) is 25.1 Å². The molecular formula is C34H43N5O7S2. The Balaban J connectivity index is 1.20. The standard InChI is InChI=1S/C34H43N5O7S2/c1-4-23-19-35-30(47-23)25-13-10-20(2)15-28(25)36-33(43)46-22-16-26-27(17-22)31(41)39(3)14-8-6-5-7-9-21-18-34(21,37-29(26)40)32(42)38-48(44,45)24-11-12-24/h7,9-10,13,15,19,21-22,24,26-27H,4-6,8,11-12,14,16-18H2,1-3H3,(H,36,43)(H,37,40)(H,38,42)/b9-7+/t21-,22-,26-,27-,34-/m1/s1. The first-order chi connectivity index (χ1) is 22.9. The van der Waals surface area contributed by atoms with Crippen LogP contribution >= 0.6 is 11.3 Å². The minimum Gasteiger partial charge on any atom is -0.446 e. The highest BCUT2D eigenvalue weighted by Crippen LogP contribution is 2.47. The summed E-state index contributed by atoms with van der Waals surface area (Å²) < 4.78 is 33.4. The summed E-state index contributed by atoms with van der Waals surface area (Å²) in [5, 5.41) is 5.89. The van der Waals surface area contributed by atoms with Gasteiger partial charge in [-0.15, -0.1) is 11.3 Å². The molecule has 1 aromatic heterocycles. The van der Waals surface area contributed by atoms with Gasteiger partial charge in [0.15, 0.2) is 0 Å². The Morgan fingerprint density at radius 3 is 2.67 bits per heavy atom. The number of ether oxygens (including phenoxy) is 1. The number of hydrogen-bond donors (Lipinski definition) is 3. The molecule has 4 amide bonds. The number of carbonyl (C=O) groups excluding carboxylic acids is 4. The lowest BCUT2D eigenvalue weighted by atomic mass is 9.93. The van der Waals surface area contributed by atoms with E-state index in [2.05, 4.69) is 27.3 Å². The lowest BCUT2D eigenvalue weighted by molar-refractivity contribution is -0.140. The van der Waals surface area contributed by atoms with Crippen LogP contribution in [0.15, 0.2) is 36.5 Å². The number of thiazole rings is 1. The first-order valence-electron chi connectivity index (χ1n) is 16.7. The fourth-order valence-electron chi connectivity index (χ4n) is 6.73. The van der Waals surface area contributed by atoms with E-state index in [1.807, 2.05) is 43.5 Å². The van der Waals surface area contributed by atoms with Crippen LogP contribution in [0.5, 0.6) is 0 Å². The summed E-state index contributed by atoms with van der Waals surface area (Å²) in [7, 11) is -2.13. The van der Waals surface area contributed by atoms with Crippen molar-refractivity contribution in [3.05, 3.63) is 47.0 Å². The smallest absolute Gasteiger partial charge is 0.411 e. The number of hydrogen-bond acceptors (Lipinski definition) is 9. The first-order valence-corrected chi connectivity index (χ1v) is 19.1. The number of aromatic nitrogens is 1. The van der Waals surface area contributed by atoms with Crippen LogP contribution in [0.3, 0.4) is 0 Å². The molecule has 12 nitrogen and oxygen atoms in total. The van der Waals surface area contributed by atoms with Gasteiger partial charge in [0.1, 0.15) is 16.7 Å². The molecule has 5 atom stereocenters. The average Bonchev–Trinajstić information content (AvgIpc) is 3.92. The van der Waals surface area contributed by atoms with Gasteiger partial charge in [-0.05, 0) is 82.4 Å². The molecule has 3 saturated carbocycles. The maximum Gasteiger partial charge on any atom is 0.411 e. The molecule has 4 aliphatic rings. The molecule has 0 saturated heterocycles. The molecule has 3 N–H and O–H groups in total. The van der Waals surface area contributed by atoms with E-state index in [4.69, 9.17) is 4.74 Å². The van der Waals surface area contributed by atoms with E-state index in [-0.39, 0.29) is 31.1 Å². The number of allylic oxidation sites excluding steroid dienone is 1. The van der Waals surface area contributed by atoms with Crippen molar-refractivity contribution in [1.82, 2.24) is 19.9 Å². The van der Waals surface area contributed by atoms with Crippen molar-refractivity contribution in [2.24, 2.45) is 17.8 Å². The van der Waals surface area contributed by atoms with Gasteiger partial charge in [0.2, 0.25) is 21.8 Å². The minimum atomic E-state index is -3.83. The molecule has 258 valence electrons. The lowest BCUT2D eigenvalue weighted by Gasteiger charge is -2.26. The quantitative estimate of drug-likeness (QED) is 0.361. The summed E-state index contributed by atoms with van der Waals surface area (Å²) in [5.41, 5.74) is 0.819. The van der Waals surface area contributed by atoms with Crippen molar-refractivity contribution >= 4 is 50.9 Å². The lowest BCUT2D eigenvalue weighted by Crippen LogP contribution is -2.54. The average molecular weight is 698 g/mol. The van der Waals surface area contributed by atoms with Crippen LogP contribution in [-0.2, 0) is 35.6 Å². The topological polar surface area (TPSA) is 164 Å². The van der Waals surface area contributed by atoms with E-state index in [1.165, 1.54) is 0 Å². The van der Waals surface area contributed by atoms with Crippen LogP contribution in [0.4, 0.5) is 10.5 Å². The van der Waals surface area contributed by atoms with Crippen LogP contribution < -0.4 is 15.4 Å². The van der Waals surface area contributed by atoms with E-state index in [0.717, 1.165) is 46.7 Å². The predicted octanol–water partition coefficient (Wildman–Crippen LogP) is 4.31. The second-order valence-corrected chi connectivity index (χ2v) is 16.6. The molecule has 2 aromatic rings. The van der Waals surface area contributed by atoms with Gasteiger partial charge >= 0.3 is 6.09 Å². The number of fused-ring (bicyclic) bond motifs is 2. The summed E-state index contributed by atoms with van der Waals surface area (Å²) in [5.74, 6) is -3.55. The molecule has 6 rings (SSSR count). The zero-order chi connectivity index (χ0) is 34.2. The Kier molecular flexibility index (Phi) is 9.67. The highest BCUT2D eigenvalue weighted by Gasteiger charge is 2.62. The third-order valence-corrected chi connectivity index (χ3v) is 12.8. The van der Waals surface area contributed by atoms with Gasteiger partial charge in [0.25, 0.3) is 5.91 Å². The van der Waals surface area contributed by atoms with Crippen molar-refractivity contribution in [2.75, 3.05) is 18.9 Å². The third-order valence-electron chi connectivity index (χ3n) is 9.81. The number of sulfonamides is 1. The number of carbonyl (C=O) groups is 4. The molecule has 0 bridgehead atoms. The molecule has 2 heterocycles. The third kappa shape index (κ3) is 7.29. The van der Waals surface area contributed by atoms with Crippen LogP contribution in [0.2, 0.25) is 0 Å². The monoisotopic (exact) mass is 697 g/mol. The van der Waals surface area contributed by atoms with Crippen LogP contribution in [-0.4, -0.2) is 72.6 Å². The SMILES string of the molecule is CCc1cnc(-c2ccc(C)cc2NC(=O)O[C@@H]2C[C@H]3C(=O)N[C@]4(C(=O)NS(=O)(=O)C5CC5)C[C@H]4/C=C/CCCCN(C)C(=O)[C@@H]3C2)s1. The molecular weight excluding hydrogens is 655 g/mol. The Labute approximate surface area is 285 Å². The molecule has 1 aliphatic heterocycles. The number of aryl methyl sites for hydroxylation is 2. The summed E-state index contributed by atoms with van der Waals surface area (Å²) in [6.07, 6.45) is 8.82. The number of benzene rings is 1. The van der Waals surface area contributed by atoms with Gasteiger partial charge in [-0.25, -0.2) is 18.2 Å². The maximum absolute atomic E-state index is 14.0. The number of amides is 4. The first kappa shape index (κ1) is 34.1. The number of rotatable bonds is 7. The fourth-order valence-corrected chi connectivity index (χ4v) is 8.98. The van der Waals surface area contributed by atoms with Crippen molar-refractivity contribution < 1.29 is 32.3 Å². The van der Waals surface area contributed by atoms with E-state index >= 15 is 0 Å². The van der Waals surface area contributed by atoms with E-state index < -0.39 is 56.7 Å². The minimum absolute atomic E-state index is 0.0785. The summed E-state index contributed by atoms with van der Waals surface area (Å²) in [6.45, 7) is 4.49. The Morgan fingerprint density at radius 2 is 1.94 bits per heavy atom. The zero-order valence-electron chi connectivity index (χ0n) is 27.5. The maximum atomic E-state index is 14.0. The molecule has 3 aliphatic carbocycles. The van der Waals surface area contributed by atoms with Gasteiger partial charge in [-0.3, -0.25) is 24.4 Å². The zero-order valence-corrected chi connectivity index (χ0v) is 29.1. The second-order valence-electron chi connectivity index (χ2n) is 13.5. The predicted molar refractivity (Wildman–Crippen MR) is 181 cm³/mol. The van der Waals surface area contributed by atoms with Crippen molar-refractivity contribution in [1.29, 1.82) is 0 Å². The summed E-state index contributed by atoms with van der Waals surface area (Å²) in [4.78, 5) is 61.7. The van der Waals surface area contributed by atoms with Gasteiger partial charge < -0.3 is 15.0 Å². The molecule has 1 aromatic carbocycles. The number of nitrogens with one attached hydrogen (secondary N) is 3. The van der Waals surface area contributed by atoms with Crippen LogP contribution in [0.25, 0.3) is 10.6 Å². The number of nitrogens with zero attached hydrogens (tertiary/aromatic N) is 2. The molecule has 3 fully saturated rings. The van der Waals surface area contributed by atoms with Crippen LogP contribution in [0.1, 0.15) is 68.7 Å². The van der Waals surface area contributed by atoms with Crippen molar-refractivity contribution in [2.45, 2.75) is 88.5 Å². The van der Waals surface area contributed by atoms with Gasteiger partial charge in [0.05, 0.1) is 22.8 Å².